The standard InChI is InChI=1S/C15H9FN2O3/c16-11-2-5-13(6-3-11)21-15-8-1-10-9-12(18(19)20)4-7-14(10)17-15/h1-9H. The minimum atomic E-state index is -0.456. The second-order valence-corrected chi connectivity index (χ2v) is 4.34. The number of hydrogen-bond donors (Lipinski definition) is 0. The van der Waals surface area contributed by atoms with E-state index in [0.717, 1.165) is 0 Å². The molecule has 0 fully saturated rings. The van der Waals surface area contributed by atoms with Crippen LogP contribution >= 0.6 is 0 Å². The van der Waals surface area contributed by atoms with Gasteiger partial charge in [-0.15, -0.1) is 0 Å². The Bertz CT molecular complexity index is 819. The van der Waals surface area contributed by atoms with Crippen LogP contribution in [0.1, 0.15) is 0 Å². The maximum atomic E-state index is 12.8. The first kappa shape index (κ1) is 13.0. The zero-order valence-corrected chi connectivity index (χ0v) is 10.7. The summed E-state index contributed by atoms with van der Waals surface area (Å²) in [6.45, 7) is 0. The fourth-order valence-corrected chi connectivity index (χ4v) is 1.89. The van der Waals surface area contributed by atoms with Gasteiger partial charge in [0.2, 0.25) is 5.88 Å². The molecule has 1 aromatic heterocycles. The Kier molecular flexibility index (Phi) is 3.19. The van der Waals surface area contributed by atoms with Gasteiger partial charge in [0, 0.05) is 23.6 Å². The second-order valence-electron chi connectivity index (χ2n) is 4.34. The summed E-state index contributed by atoms with van der Waals surface area (Å²) < 4.78 is 18.3. The Hall–Kier alpha value is -3.02. The zero-order valence-electron chi connectivity index (χ0n) is 10.7. The molecule has 1 heterocycles. The third-order valence-electron chi connectivity index (χ3n) is 2.89. The largest absolute Gasteiger partial charge is 0.439 e. The Morgan fingerprint density at radius 2 is 1.81 bits per heavy atom. The van der Waals surface area contributed by atoms with Crippen molar-refractivity contribution in [1.29, 1.82) is 0 Å². The van der Waals surface area contributed by atoms with E-state index in [1.165, 1.54) is 36.4 Å². The fraction of sp³-hybridized carbons (Fsp3) is 0. The summed E-state index contributed by atoms with van der Waals surface area (Å²) in [5.74, 6) is 0.453. The maximum absolute atomic E-state index is 12.8. The molecule has 0 radical (unpaired) electrons. The Labute approximate surface area is 118 Å². The SMILES string of the molecule is O=[N+]([O-])c1ccc2nc(Oc3ccc(F)cc3)ccc2c1. The number of halogens is 1. The Morgan fingerprint density at radius 1 is 1.05 bits per heavy atom. The van der Waals surface area contributed by atoms with Gasteiger partial charge in [-0.1, -0.05) is 0 Å². The highest BCUT2D eigenvalue weighted by Crippen LogP contribution is 2.25. The Balaban J connectivity index is 1.92. The van der Waals surface area contributed by atoms with E-state index in [1.54, 1.807) is 18.2 Å². The molecule has 0 aliphatic rings. The number of aromatic nitrogens is 1. The number of fused-ring (bicyclic) bond motifs is 1. The molecule has 0 spiro atoms. The van der Waals surface area contributed by atoms with Gasteiger partial charge in [-0.25, -0.2) is 9.37 Å². The van der Waals surface area contributed by atoms with Gasteiger partial charge >= 0.3 is 0 Å². The average molecular weight is 284 g/mol. The highest BCUT2D eigenvalue weighted by atomic mass is 19.1. The Morgan fingerprint density at radius 3 is 2.52 bits per heavy atom. The highest BCUT2D eigenvalue weighted by molar-refractivity contribution is 5.81. The van der Waals surface area contributed by atoms with E-state index in [4.69, 9.17) is 4.74 Å². The van der Waals surface area contributed by atoms with Gasteiger partial charge in [-0.2, -0.15) is 0 Å². The number of non-ortho nitro benzene ring substituents is 1. The van der Waals surface area contributed by atoms with Gasteiger partial charge < -0.3 is 4.74 Å². The number of rotatable bonds is 3. The number of nitro groups is 1. The van der Waals surface area contributed by atoms with E-state index in [9.17, 15) is 14.5 Å². The van der Waals surface area contributed by atoms with Crippen molar-refractivity contribution in [2.24, 2.45) is 0 Å². The van der Waals surface area contributed by atoms with Crippen molar-refractivity contribution < 1.29 is 14.1 Å². The van der Waals surface area contributed by atoms with Crippen LogP contribution in [-0.2, 0) is 0 Å². The van der Waals surface area contributed by atoms with Gasteiger partial charge in [0.15, 0.2) is 0 Å². The van der Waals surface area contributed by atoms with Crippen LogP contribution in [0.25, 0.3) is 10.9 Å². The minimum absolute atomic E-state index is 0.0107. The summed E-state index contributed by atoms with van der Waals surface area (Å²) in [5, 5.41) is 11.4. The van der Waals surface area contributed by atoms with Crippen molar-refractivity contribution in [3.63, 3.8) is 0 Å². The molecular weight excluding hydrogens is 275 g/mol. The quantitative estimate of drug-likeness (QED) is 0.537. The van der Waals surface area contributed by atoms with Crippen LogP contribution in [0, 0.1) is 15.9 Å². The predicted octanol–water partition coefficient (Wildman–Crippen LogP) is 4.07. The van der Waals surface area contributed by atoms with Crippen molar-refractivity contribution >= 4 is 16.6 Å². The first-order valence-corrected chi connectivity index (χ1v) is 6.10. The molecule has 0 saturated heterocycles. The molecule has 2 aromatic carbocycles. The van der Waals surface area contributed by atoms with E-state index in [0.29, 0.717) is 22.5 Å². The lowest BCUT2D eigenvalue weighted by Gasteiger charge is -2.05. The average Bonchev–Trinajstić information content (AvgIpc) is 2.49. The summed E-state index contributed by atoms with van der Waals surface area (Å²) >= 11 is 0. The monoisotopic (exact) mass is 284 g/mol. The number of ether oxygens (including phenoxy) is 1. The molecule has 3 rings (SSSR count). The summed E-state index contributed by atoms with van der Waals surface area (Å²) in [4.78, 5) is 14.5. The van der Waals surface area contributed by atoms with E-state index >= 15 is 0 Å². The molecule has 0 unspecified atom stereocenters. The van der Waals surface area contributed by atoms with Crippen LogP contribution in [0.4, 0.5) is 10.1 Å². The number of nitro benzene ring substituents is 1. The van der Waals surface area contributed by atoms with Crippen LogP contribution in [0.15, 0.2) is 54.6 Å². The zero-order chi connectivity index (χ0) is 14.8. The molecule has 0 aliphatic heterocycles. The van der Waals surface area contributed by atoms with Crippen LogP contribution in [0.3, 0.4) is 0 Å². The lowest BCUT2D eigenvalue weighted by atomic mass is 10.2. The van der Waals surface area contributed by atoms with E-state index in [-0.39, 0.29) is 11.5 Å². The van der Waals surface area contributed by atoms with Crippen molar-refractivity contribution in [3.05, 3.63) is 70.5 Å². The lowest BCUT2D eigenvalue weighted by Crippen LogP contribution is -1.91. The van der Waals surface area contributed by atoms with E-state index < -0.39 is 4.92 Å². The summed E-state index contributed by atoms with van der Waals surface area (Å²) in [6, 6.07) is 13.3. The summed E-state index contributed by atoms with van der Waals surface area (Å²) in [5.41, 5.74) is 0.594. The van der Waals surface area contributed by atoms with Crippen molar-refractivity contribution in [2.45, 2.75) is 0 Å². The fourth-order valence-electron chi connectivity index (χ4n) is 1.89. The van der Waals surface area contributed by atoms with Crippen LogP contribution < -0.4 is 4.74 Å². The second kappa shape index (κ2) is 5.16. The van der Waals surface area contributed by atoms with Gasteiger partial charge in [0.05, 0.1) is 10.4 Å². The topological polar surface area (TPSA) is 65.3 Å². The first-order valence-electron chi connectivity index (χ1n) is 6.10. The molecule has 0 aliphatic carbocycles. The normalized spacial score (nSPS) is 10.5. The van der Waals surface area contributed by atoms with Crippen molar-refractivity contribution in [2.75, 3.05) is 0 Å². The third kappa shape index (κ3) is 2.79. The van der Waals surface area contributed by atoms with Crippen molar-refractivity contribution in [1.82, 2.24) is 4.98 Å². The molecule has 104 valence electrons. The molecule has 0 N–H and O–H groups in total. The smallest absolute Gasteiger partial charge is 0.270 e. The minimum Gasteiger partial charge on any atom is -0.439 e. The third-order valence-corrected chi connectivity index (χ3v) is 2.89. The predicted molar refractivity (Wildman–Crippen MR) is 74.9 cm³/mol. The highest BCUT2D eigenvalue weighted by Gasteiger charge is 2.08. The molecule has 0 atom stereocenters. The molecule has 5 nitrogen and oxygen atoms in total. The number of pyridine rings is 1. The summed E-state index contributed by atoms with van der Waals surface area (Å²) in [7, 11) is 0. The summed E-state index contributed by atoms with van der Waals surface area (Å²) in [6.07, 6.45) is 0. The maximum Gasteiger partial charge on any atom is 0.270 e. The lowest BCUT2D eigenvalue weighted by molar-refractivity contribution is -0.384. The van der Waals surface area contributed by atoms with Crippen LogP contribution in [-0.4, -0.2) is 9.91 Å². The molecule has 0 bridgehead atoms. The van der Waals surface area contributed by atoms with Crippen molar-refractivity contribution in [3.8, 4) is 11.6 Å². The molecule has 21 heavy (non-hydrogen) atoms. The molecule has 0 amide bonds. The number of benzene rings is 2. The number of nitrogens with zero attached hydrogens (tertiary/aromatic N) is 2. The molecular formula is C15H9FN2O3. The molecule has 6 heteroatoms. The van der Waals surface area contributed by atoms with Gasteiger partial charge in [0.25, 0.3) is 5.69 Å². The van der Waals surface area contributed by atoms with E-state index in [1.807, 2.05) is 0 Å². The number of hydrogen-bond acceptors (Lipinski definition) is 4. The van der Waals surface area contributed by atoms with Crippen LogP contribution in [0.5, 0.6) is 11.6 Å². The molecule has 0 saturated carbocycles. The molecule has 3 aromatic rings. The van der Waals surface area contributed by atoms with Gasteiger partial charge in [0.1, 0.15) is 11.6 Å². The van der Waals surface area contributed by atoms with Gasteiger partial charge in [-0.3, -0.25) is 10.1 Å². The van der Waals surface area contributed by atoms with Crippen LogP contribution in [0.2, 0.25) is 0 Å². The van der Waals surface area contributed by atoms with Gasteiger partial charge in [-0.05, 0) is 36.4 Å². The first-order chi connectivity index (χ1) is 10.1. The van der Waals surface area contributed by atoms with E-state index in [2.05, 4.69) is 4.98 Å².